The van der Waals surface area contributed by atoms with Gasteiger partial charge in [-0.3, -0.25) is 9.59 Å². The minimum atomic E-state index is -1.06. The van der Waals surface area contributed by atoms with Gasteiger partial charge in [-0.25, -0.2) is 0 Å². The van der Waals surface area contributed by atoms with Crippen LogP contribution in [0, 0.1) is 6.92 Å². The van der Waals surface area contributed by atoms with Crippen LogP contribution < -0.4 is 16.4 Å². The lowest BCUT2D eigenvalue weighted by Crippen LogP contribution is -2.41. The summed E-state index contributed by atoms with van der Waals surface area (Å²) in [6, 6.07) is 6.37. The molecular weight excluding hydrogens is 246 g/mol. The van der Waals surface area contributed by atoms with Gasteiger partial charge in [0.2, 0.25) is 5.91 Å². The standard InChI is InChI=1S/C13H19N3O3/c1-9-2-4-10(5-3-9)16-12(17)8-11(13(18)19)15-7-6-14/h2-5,11,15H,6-8,14H2,1H3,(H,16,17)(H,18,19)/t11-/m1/s1. The smallest absolute Gasteiger partial charge is 0.321 e. The molecule has 104 valence electrons. The molecule has 19 heavy (non-hydrogen) atoms. The summed E-state index contributed by atoms with van der Waals surface area (Å²) in [5.74, 6) is -1.41. The second-order valence-electron chi connectivity index (χ2n) is 4.25. The van der Waals surface area contributed by atoms with E-state index in [2.05, 4.69) is 10.6 Å². The molecule has 0 saturated carbocycles. The molecule has 0 aromatic heterocycles. The maximum atomic E-state index is 11.7. The molecule has 5 N–H and O–H groups in total. The van der Waals surface area contributed by atoms with Gasteiger partial charge in [-0.2, -0.15) is 0 Å². The van der Waals surface area contributed by atoms with Crippen LogP contribution in [0.5, 0.6) is 0 Å². The molecule has 0 aliphatic rings. The molecule has 0 heterocycles. The molecule has 0 bridgehead atoms. The Labute approximate surface area is 112 Å². The van der Waals surface area contributed by atoms with Gasteiger partial charge in [0.15, 0.2) is 0 Å². The summed E-state index contributed by atoms with van der Waals surface area (Å²) in [5, 5.41) is 14.3. The minimum Gasteiger partial charge on any atom is -0.480 e. The van der Waals surface area contributed by atoms with E-state index in [0.717, 1.165) is 5.56 Å². The van der Waals surface area contributed by atoms with Gasteiger partial charge in [0, 0.05) is 18.8 Å². The van der Waals surface area contributed by atoms with Crippen molar-refractivity contribution in [1.82, 2.24) is 5.32 Å². The number of carboxylic acids is 1. The fourth-order valence-corrected chi connectivity index (χ4v) is 1.54. The van der Waals surface area contributed by atoms with Gasteiger partial charge in [0.1, 0.15) is 6.04 Å². The first-order valence-corrected chi connectivity index (χ1v) is 6.05. The zero-order chi connectivity index (χ0) is 14.3. The van der Waals surface area contributed by atoms with E-state index in [-0.39, 0.29) is 12.3 Å². The Balaban J connectivity index is 2.52. The molecule has 0 unspecified atom stereocenters. The van der Waals surface area contributed by atoms with Crippen LogP contribution in [-0.4, -0.2) is 36.1 Å². The third-order valence-corrected chi connectivity index (χ3v) is 2.56. The molecule has 0 radical (unpaired) electrons. The van der Waals surface area contributed by atoms with Crippen LogP contribution >= 0.6 is 0 Å². The first-order chi connectivity index (χ1) is 9.02. The molecule has 1 amide bonds. The van der Waals surface area contributed by atoms with Crippen LogP contribution in [0.1, 0.15) is 12.0 Å². The third kappa shape index (κ3) is 5.50. The van der Waals surface area contributed by atoms with Crippen LogP contribution in [0.4, 0.5) is 5.69 Å². The van der Waals surface area contributed by atoms with E-state index in [0.29, 0.717) is 18.8 Å². The predicted octanol–water partition coefficient (Wildman–Crippen LogP) is 0.325. The average Bonchev–Trinajstić information content (AvgIpc) is 2.37. The monoisotopic (exact) mass is 265 g/mol. The van der Waals surface area contributed by atoms with E-state index in [4.69, 9.17) is 10.8 Å². The number of anilines is 1. The first-order valence-electron chi connectivity index (χ1n) is 6.05. The summed E-state index contributed by atoms with van der Waals surface area (Å²) in [6.07, 6.45) is -0.136. The van der Waals surface area contributed by atoms with E-state index in [1.807, 2.05) is 19.1 Å². The van der Waals surface area contributed by atoms with Crippen molar-refractivity contribution in [3.05, 3.63) is 29.8 Å². The lowest BCUT2D eigenvalue weighted by atomic mass is 10.2. The number of amides is 1. The second-order valence-corrected chi connectivity index (χ2v) is 4.25. The molecular formula is C13H19N3O3. The number of hydrogen-bond acceptors (Lipinski definition) is 4. The van der Waals surface area contributed by atoms with Crippen LogP contribution in [0.25, 0.3) is 0 Å². The number of rotatable bonds is 7. The van der Waals surface area contributed by atoms with Gasteiger partial charge in [0.05, 0.1) is 6.42 Å². The Bertz CT molecular complexity index is 431. The van der Waals surface area contributed by atoms with Gasteiger partial charge in [-0.05, 0) is 19.1 Å². The van der Waals surface area contributed by atoms with Crippen LogP contribution in [0.15, 0.2) is 24.3 Å². The van der Waals surface area contributed by atoms with E-state index >= 15 is 0 Å². The molecule has 1 aromatic carbocycles. The summed E-state index contributed by atoms with van der Waals surface area (Å²) in [7, 11) is 0. The number of benzene rings is 1. The molecule has 0 aliphatic carbocycles. The van der Waals surface area contributed by atoms with Gasteiger partial charge in [-0.15, -0.1) is 0 Å². The van der Waals surface area contributed by atoms with E-state index in [1.54, 1.807) is 12.1 Å². The van der Waals surface area contributed by atoms with Crippen molar-refractivity contribution in [2.75, 3.05) is 18.4 Å². The number of hydrogen-bond donors (Lipinski definition) is 4. The third-order valence-electron chi connectivity index (χ3n) is 2.56. The highest BCUT2D eigenvalue weighted by Gasteiger charge is 2.20. The van der Waals surface area contributed by atoms with Crippen molar-refractivity contribution in [2.24, 2.45) is 5.73 Å². The number of carboxylic acid groups (broad SMARTS) is 1. The number of nitrogens with two attached hydrogens (primary N) is 1. The zero-order valence-electron chi connectivity index (χ0n) is 10.8. The second kappa shape index (κ2) is 7.50. The summed E-state index contributed by atoms with van der Waals surface area (Å²) >= 11 is 0. The topological polar surface area (TPSA) is 104 Å². The number of aliphatic carboxylic acids is 1. The van der Waals surface area contributed by atoms with Crippen molar-refractivity contribution < 1.29 is 14.7 Å². The molecule has 1 aromatic rings. The Morgan fingerprint density at radius 1 is 1.32 bits per heavy atom. The number of nitrogens with one attached hydrogen (secondary N) is 2. The molecule has 1 rings (SSSR count). The molecule has 0 aliphatic heterocycles. The van der Waals surface area contributed by atoms with Crippen LogP contribution in [-0.2, 0) is 9.59 Å². The predicted molar refractivity (Wildman–Crippen MR) is 72.9 cm³/mol. The highest BCUT2D eigenvalue weighted by atomic mass is 16.4. The molecule has 0 fully saturated rings. The van der Waals surface area contributed by atoms with E-state index in [1.165, 1.54) is 0 Å². The largest absolute Gasteiger partial charge is 0.480 e. The summed E-state index contributed by atoms with van der Waals surface area (Å²) in [5.41, 5.74) is 7.03. The van der Waals surface area contributed by atoms with Crippen molar-refractivity contribution in [2.45, 2.75) is 19.4 Å². The molecule has 1 atom stereocenters. The summed E-state index contributed by atoms with van der Waals surface area (Å²) < 4.78 is 0. The van der Waals surface area contributed by atoms with E-state index in [9.17, 15) is 9.59 Å². The minimum absolute atomic E-state index is 0.136. The normalized spacial score (nSPS) is 11.9. The quantitative estimate of drug-likeness (QED) is 0.568. The molecule has 6 nitrogen and oxygen atoms in total. The van der Waals surface area contributed by atoms with Gasteiger partial charge in [0.25, 0.3) is 0 Å². The fraction of sp³-hybridized carbons (Fsp3) is 0.385. The lowest BCUT2D eigenvalue weighted by molar-refractivity contribution is -0.141. The maximum absolute atomic E-state index is 11.7. The number of carbonyl (C=O) groups is 2. The highest BCUT2D eigenvalue weighted by Crippen LogP contribution is 2.09. The number of carbonyl (C=O) groups excluding carboxylic acids is 1. The Morgan fingerprint density at radius 2 is 1.95 bits per heavy atom. The van der Waals surface area contributed by atoms with Crippen molar-refractivity contribution >= 4 is 17.6 Å². The van der Waals surface area contributed by atoms with Gasteiger partial charge >= 0.3 is 5.97 Å². The fourth-order valence-electron chi connectivity index (χ4n) is 1.54. The van der Waals surface area contributed by atoms with Crippen LogP contribution in [0.3, 0.4) is 0 Å². The first kappa shape index (κ1) is 15.1. The Kier molecular flexibility index (Phi) is 5.98. The molecule has 6 heteroatoms. The lowest BCUT2D eigenvalue weighted by Gasteiger charge is -2.13. The summed E-state index contributed by atoms with van der Waals surface area (Å²) in [6.45, 7) is 2.63. The van der Waals surface area contributed by atoms with Gasteiger partial charge in [-0.1, -0.05) is 17.7 Å². The van der Waals surface area contributed by atoms with Crippen LogP contribution in [0.2, 0.25) is 0 Å². The highest BCUT2D eigenvalue weighted by molar-refractivity contribution is 5.94. The maximum Gasteiger partial charge on any atom is 0.321 e. The zero-order valence-corrected chi connectivity index (χ0v) is 10.8. The SMILES string of the molecule is Cc1ccc(NC(=O)C[C@@H](NCCN)C(=O)O)cc1. The van der Waals surface area contributed by atoms with Gasteiger partial charge < -0.3 is 21.5 Å². The molecule has 0 saturated heterocycles. The summed E-state index contributed by atoms with van der Waals surface area (Å²) in [4.78, 5) is 22.7. The number of aryl methyl sites for hydroxylation is 1. The van der Waals surface area contributed by atoms with Crippen molar-refractivity contribution in [3.63, 3.8) is 0 Å². The van der Waals surface area contributed by atoms with Crippen molar-refractivity contribution in [3.8, 4) is 0 Å². The Hall–Kier alpha value is -1.92. The Morgan fingerprint density at radius 3 is 2.47 bits per heavy atom. The molecule has 0 spiro atoms. The average molecular weight is 265 g/mol. The van der Waals surface area contributed by atoms with Crippen molar-refractivity contribution in [1.29, 1.82) is 0 Å². The van der Waals surface area contributed by atoms with E-state index < -0.39 is 12.0 Å².